The molecule has 11 heteroatoms. The molecule has 0 aliphatic carbocycles. The number of ether oxygens (including phenoxy) is 3. The number of hydrogen-bond acceptors (Lipinski definition) is 6. The van der Waals surface area contributed by atoms with Crippen LogP contribution in [0, 0.1) is 0 Å². The van der Waals surface area contributed by atoms with Gasteiger partial charge in [-0.15, -0.1) is 10.2 Å². The van der Waals surface area contributed by atoms with E-state index in [1.807, 2.05) is 14.0 Å². The summed E-state index contributed by atoms with van der Waals surface area (Å²) in [5.74, 6) is 2.07. The molecule has 146 valence electrons. The summed E-state index contributed by atoms with van der Waals surface area (Å²) in [6, 6.07) is 2.98. The molecule has 3 rings (SSSR count). The van der Waals surface area contributed by atoms with E-state index < -0.39 is 6.61 Å². The summed E-state index contributed by atoms with van der Waals surface area (Å²) in [5, 5.41) is 14.0. The zero-order chi connectivity index (χ0) is 19.2. The molecule has 0 unspecified atom stereocenters. The average molecular weight is 382 g/mol. The highest BCUT2D eigenvalue weighted by molar-refractivity contribution is 5.79. The number of halogens is 2. The summed E-state index contributed by atoms with van der Waals surface area (Å²) >= 11 is 0. The molecule has 1 aliphatic rings. The van der Waals surface area contributed by atoms with E-state index in [0.717, 1.165) is 5.82 Å². The normalized spacial score (nSPS) is 13.1. The molecule has 0 bridgehead atoms. The fourth-order valence-corrected chi connectivity index (χ4v) is 2.43. The molecule has 0 saturated heterocycles. The Morgan fingerprint density at radius 3 is 2.78 bits per heavy atom. The number of benzene rings is 1. The molecule has 0 atom stereocenters. The SMILES string of the molecule is CCNC(=NCc1cc2c(cc1OC(F)F)OCO2)NCc1nncn1C. The van der Waals surface area contributed by atoms with Crippen molar-refractivity contribution in [3.05, 3.63) is 29.8 Å². The predicted octanol–water partition coefficient (Wildman–Crippen LogP) is 1.40. The van der Waals surface area contributed by atoms with Crippen molar-refractivity contribution in [2.45, 2.75) is 26.6 Å². The molecular formula is C16H20F2N6O3. The lowest BCUT2D eigenvalue weighted by Crippen LogP contribution is -2.37. The minimum atomic E-state index is -2.95. The molecular weight excluding hydrogens is 362 g/mol. The van der Waals surface area contributed by atoms with Crippen molar-refractivity contribution in [2.75, 3.05) is 13.3 Å². The van der Waals surface area contributed by atoms with Crippen molar-refractivity contribution in [3.63, 3.8) is 0 Å². The lowest BCUT2D eigenvalue weighted by molar-refractivity contribution is -0.0505. The van der Waals surface area contributed by atoms with Crippen LogP contribution >= 0.6 is 0 Å². The van der Waals surface area contributed by atoms with E-state index in [1.54, 1.807) is 17.0 Å². The maximum Gasteiger partial charge on any atom is 0.387 e. The highest BCUT2D eigenvalue weighted by Crippen LogP contribution is 2.38. The second kappa shape index (κ2) is 8.52. The van der Waals surface area contributed by atoms with E-state index in [-0.39, 0.29) is 19.1 Å². The molecule has 0 saturated carbocycles. The number of nitrogens with zero attached hydrogens (tertiary/aromatic N) is 4. The van der Waals surface area contributed by atoms with Gasteiger partial charge in [0.15, 0.2) is 23.3 Å². The van der Waals surface area contributed by atoms with E-state index in [1.165, 1.54) is 6.07 Å². The van der Waals surface area contributed by atoms with Crippen LogP contribution in [-0.2, 0) is 20.1 Å². The van der Waals surface area contributed by atoms with Crippen molar-refractivity contribution in [1.29, 1.82) is 0 Å². The summed E-state index contributed by atoms with van der Waals surface area (Å²) in [6.45, 7) is 0.155. The van der Waals surface area contributed by atoms with E-state index in [0.29, 0.717) is 36.1 Å². The minimum Gasteiger partial charge on any atom is -0.454 e. The van der Waals surface area contributed by atoms with Gasteiger partial charge in [-0.25, -0.2) is 4.99 Å². The molecule has 1 aliphatic heterocycles. The molecule has 1 aromatic heterocycles. The van der Waals surface area contributed by atoms with Crippen molar-refractivity contribution >= 4 is 5.96 Å². The number of alkyl halides is 2. The van der Waals surface area contributed by atoms with Crippen LogP contribution in [0.4, 0.5) is 8.78 Å². The van der Waals surface area contributed by atoms with Gasteiger partial charge >= 0.3 is 6.61 Å². The first kappa shape index (κ1) is 18.7. The monoisotopic (exact) mass is 382 g/mol. The number of nitrogens with one attached hydrogen (secondary N) is 2. The van der Waals surface area contributed by atoms with Crippen molar-refractivity contribution in [1.82, 2.24) is 25.4 Å². The Balaban J connectivity index is 1.75. The molecule has 0 fully saturated rings. The van der Waals surface area contributed by atoms with Gasteiger partial charge < -0.3 is 29.4 Å². The van der Waals surface area contributed by atoms with Crippen LogP contribution in [0.3, 0.4) is 0 Å². The Kier molecular flexibility index (Phi) is 5.89. The Morgan fingerprint density at radius 2 is 2.11 bits per heavy atom. The highest BCUT2D eigenvalue weighted by atomic mass is 19.3. The smallest absolute Gasteiger partial charge is 0.387 e. The fourth-order valence-electron chi connectivity index (χ4n) is 2.43. The van der Waals surface area contributed by atoms with Crippen LogP contribution in [0.25, 0.3) is 0 Å². The van der Waals surface area contributed by atoms with E-state index in [2.05, 4.69) is 30.6 Å². The summed E-state index contributed by atoms with van der Waals surface area (Å²) in [5.41, 5.74) is 0.454. The lowest BCUT2D eigenvalue weighted by atomic mass is 10.1. The zero-order valence-corrected chi connectivity index (χ0v) is 14.9. The van der Waals surface area contributed by atoms with E-state index >= 15 is 0 Å². The highest BCUT2D eigenvalue weighted by Gasteiger charge is 2.20. The molecule has 2 N–H and O–H groups in total. The second-order valence-electron chi connectivity index (χ2n) is 5.60. The van der Waals surface area contributed by atoms with Gasteiger partial charge in [-0.1, -0.05) is 0 Å². The first-order valence-corrected chi connectivity index (χ1v) is 8.29. The Labute approximate surface area is 154 Å². The fraction of sp³-hybridized carbons (Fsp3) is 0.438. The zero-order valence-electron chi connectivity index (χ0n) is 14.9. The third-order valence-corrected chi connectivity index (χ3v) is 3.74. The van der Waals surface area contributed by atoms with Gasteiger partial charge in [0.25, 0.3) is 0 Å². The topological polar surface area (TPSA) is 94.8 Å². The minimum absolute atomic E-state index is 0.00199. The van der Waals surface area contributed by atoms with Crippen molar-refractivity contribution in [3.8, 4) is 17.2 Å². The molecule has 27 heavy (non-hydrogen) atoms. The quantitative estimate of drug-likeness (QED) is 0.552. The maximum absolute atomic E-state index is 12.7. The molecule has 1 aromatic carbocycles. The molecule has 2 heterocycles. The van der Waals surface area contributed by atoms with Crippen LogP contribution < -0.4 is 24.8 Å². The summed E-state index contributed by atoms with van der Waals surface area (Å²) < 4.78 is 42.3. The summed E-state index contributed by atoms with van der Waals surface area (Å²) in [7, 11) is 1.83. The van der Waals surface area contributed by atoms with Gasteiger partial charge in [-0.3, -0.25) is 0 Å². The molecule has 9 nitrogen and oxygen atoms in total. The Hall–Kier alpha value is -3.11. The predicted molar refractivity (Wildman–Crippen MR) is 91.9 cm³/mol. The van der Waals surface area contributed by atoms with Crippen molar-refractivity contribution < 1.29 is 23.0 Å². The first-order valence-electron chi connectivity index (χ1n) is 8.29. The van der Waals surface area contributed by atoms with Gasteiger partial charge in [-0.05, 0) is 13.0 Å². The van der Waals surface area contributed by atoms with Gasteiger partial charge in [0.1, 0.15) is 12.1 Å². The first-order chi connectivity index (χ1) is 13.1. The van der Waals surface area contributed by atoms with Crippen LogP contribution in [0.2, 0.25) is 0 Å². The third-order valence-electron chi connectivity index (χ3n) is 3.74. The lowest BCUT2D eigenvalue weighted by Gasteiger charge is -2.13. The third kappa shape index (κ3) is 4.74. The molecule has 2 aromatic rings. The number of guanidine groups is 1. The standard InChI is InChI=1S/C16H20F2N6O3/c1-3-19-16(21-7-14-23-22-8-24(14)2)20-6-10-4-12-13(26-9-25-12)5-11(10)27-15(17)18/h4-5,8,15H,3,6-7,9H2,1-2H3,(H2,19,20,21). The van der Waals surface area contributed by atoms with Crippen LogP contribution in [-0.4, -0.2) is 40.7 Å². The number of aliphatic imine (C=N–C) groups is 1. The van der Waals surface area contributed by atoms with E-state index in [4.69, 9.17) is 9.47 Å². The Morgan fingerprint density at radius 1 is 1.33 bits per heavy atom. The van der Waals surface area contributed by atoms with Gasteiger partial charge in [0.05, 0.1) is 13.1 Å². The Bertz CT molecular complexity index is 811. The summed E-state index contributed by atoms with van der Waals surface area (Å²) in [6.07, 6.45) is 1.60. The number of aromatic nitrogens is 3. The number of rotatable bonds is 7. The van der Waals surface area contributed by atoms with Crippen LogP contribution in [0.5, 0.6) is 17.2 Å². The average Bonchev–Trinajstić information content (AvgIpc) is 3.25. The molecule has 0 amide bonds. The summed E-state index contributed by atoms with van der Waals surface area (Å²) in [4.78, 5) is 4.42. The van der Waals surface area contributed by atoms with Gasteiger partial charge in [0, 0.05) is 25.2 Å². The number of hydrogen-bond donors (Lipinski definition) is 2. The van der Waals surface area contributed by atoms with Gasteiger partial charge in [0.2, 0.25) is 6.79 Å². The maximum atomic E-state index is 12.7. The molecule has 0 spiro atoms. The molecule has 0 radical (unpaired) electrons. The van der Waals surface area contributed by atoms with Gasteiger partial charge in [-0.2, -0.15) is 8.78 Å². The van der Waals surface area contributed by atoms with E-state index in [9.17, 15) is 8.78 Å². The number of fused-ring (bicyclic) bond motifs is 1. The second-order valence-corrected chi connectivity index (χ2v) is 5.60. The van der Waals surface area contributed by atoms with Crippen molar-refractivity contribution in [2.24, 2.45) is 12.0 Å². The largest absolute Gasteiger partial charge is 0.454 e. The number of aryl methyl sites for hydroxylation is 1. The van der Waals surface area contributed by atoms with Crippen LogP contribution in [0.15, 0.2) is 23.5 Å². The van der Waals surface area contributed by atoms with Crippen LogP contribution in [0.1, 0.15) is 18.3 Å².